The van der Waals surface area contributed by atoms with Crippen LogP contribution in [0.25, 0.3) is 0 Å². The number of rotatable bonds is 3. The van der Waals surface area contributed by atoms with Gasteiger partial charge in [0.2, 0.25) is 5.91 Å². The summed E-state index contributed by atoms with van der Waals surface area (Å²) in [7, 11) is 1.62. The molecule has 1 heterocycles. The van der Waals surface area contributed by atoms with Crippen LogP contribution in [0.15, 0.2) is 12.1 Å². The molecule has 0 spiro atoms. The molecule has 1 aromatic rings. The standard InChI is InChI=1S/C13H18ClN3O3.C4H5F3/c1-8(18)16-17(5)10-7-6-9(11(14)15-10)12(19)20-13(2,3)4;5-4(6,7)3-1-2-3/h6-7H,1-5H3,(H,16,18);3H,1-2H2. The van der Waals surface area contributed by atoms with Crippen LogP contribution in [0.5, 0.6) is 0 Å². The second-order valence-corrected chi connectivity index (χ2v) is 7.41. The third-order valence-corrected chi connectivity index (χ3v) is 3.45. The molecule has 0 saturated heterocycles. The van der Waals surface area contributed by atoms with Crippen molar-refractivity contribution < 1.29 is 27.5 Å². The van der Waals surface area contributed by atoms with Gasteiger partial charge in [0.1, 0.15) is 16.6 Å². The Hall–Kier alpha value is -2.03. The number of aromatic nitrogens is 1. The summed E-state index contributed by atoms with van der Waals surface area (Å²) in [5.41, 5.74) is 2.11. The number of alkyl halides is 3. The van der Waals surface area contributed by atoms with E-state index in [9.17, 15) is 22.8 Å². The van der Waals surface area contributed by atoms with Crippen molar-refractivity contribution in [2.24, 2.45) is 5.92 Å². The van der Waals surface area contributed by atoms with Crippen molar-refractivity contribution in [3.63, 3.8) is 0 Å². The molecular weight excluding hydrogens is 387 g/mol. The quantitative estimate of drug-likeness (QED) is 0.461. The molecule has 1 fully saturated rings. The molecule has 1 aliphatic carbocycles. The minimum Gasteiger partial charge on any atom is -0.456 e. The Morgan fingerprint density at radius 1 is 1.26 bits per heavy atom. The summed E-state index contributed by atoms with van der Waals surface area (Å²) in [4.78, 5) is 26.9. The first kappa shape index (κ1) is 23.0. The Labute approximate surface area is 161 Å². The summed E-state index contributed by atoms with van der Waals surface area (Å²) in [6.45, 7) is 6.69. The van der Waals surface area contributed by atoms with Crippen LogP contribution in [0.4, 0.5) is 19.0 Å². The first-order valence-electron chi connectivity index (χ1n) is 8.18. The van der Waals surface area contributed by atoms with E-state index in [1.807, 2.05) is 0 Å². The predicted octanol–water partition coefficient (Wildman–Crippen LogP) is 4.14. The molecule has 0 bridgehead atoms. The van der Waals surface area contributed by atoms with Crippen LogP contribution in [-0.4, -0.2) is 35.7 Å². The van der Waals surface area contributed by atoms with E-state index in [-0.39, 0.29) is 16.6 Å². The van der Waals surface area contributed by atoms with Crippen LogP contribution in [0.2, 0.25) is 5.15 Å². The van der Waals surface area contributed by atoms with Gasteiger partial charge in [-0.3, -0.25) is 15.2 Å². The number of hydrogen-bond acceptors (Lipinski definition) is 5. The zero-order chi connectivity index (χ0) is 21.0. The fourth-order valence-corrected chi connectivity index (χ4v) is 2.03. The molecule has 1 aromatic heterocycles. The van der Waals surface area contributed by atoms with Gasteiger partial charge >= 0.3 is 12.1 Å². The lowest BCUT2D eigenvalue weighted by Gasteiger charge is -2.21. The number of pyridine rings is 1. The van der Waals surface area contributed by atoms with Gasteiger partial charge < -0.3 is 4.74 Å². The molecule has 0 unspecified atom stereocenters. The van der Waals surface area contributed by atoms with E-state index in [2.05, 4.69) is 10.4 Å². The Bertz CT molecular complexity index is 686. The number of hydrogen-bond donors (Lipinski definition) is 1. The van der Waals surface area contributed by atoms with Gasteiger partial charge in [-0.25, -0.2) is 9.78 Å². The van der Waals surface area contributed by atoms with Crippen molar-refractivity contribution in [2.45, 2.75) is 52.3 Å². The highest BCUT2D eigenvalue weighted by Crippen LogP contribution is 2.43. The number of nitrogens with zero attached hydrogens (tertiary/aromatic N) is 2. The summed E-state index contributed by atoms with van der Waals surface area (Å²) in [6, 6.07) is 3.08. The SMILES string of the molecule is CC(=O)NN(C)c1ccc(C(=O)OC(C)(C)C)c(Cl)n1.FC(F)(F)C1CC1. The van der Waals surface area contributed by atoms with Crippen LogP contribution < -0.4 is 10.4 Å². The van der Waals surface area contributed by atoms with Gasteiger partial charge in [0.15, 0.2) is 0 Å². The summed E-state index contributed by atoms with van der Waals surface area (Å²) in [5, 5.41) is 1.43. The van der Waals surface area contributed by atoms with E-state index in [1.165, 1.54) is 18.0 Å². The van der Waals surface area contributed by atoms with Crippen LogP contribution in [-0.2, 0) is 9.53 Å². The number of carbonyl (C=O) groups is 2. The average Bonchev–Trinajstić information content (AvgIpc) is 3.29. The Balaban J connectivity index is 0.000000433. The number of ether oxygens (including phenoxy) is 1. The Morgan fingerprint density at radius 3 is 2.15 bits per heavy atom. The van der Waals surface area contributed by atoms with Crippen molar-refractivity contribution >= 4 is 29.3 Å². The maximum absolute atomic E-state index is 11.9. The van der Waals surface area contributed by atoms with Crippen molar-refractivity contribution in [2.75, 3.05) is 12.1 Å². The first-order chi connectivity index (χ1) is 12.2. The van der Waals surface area contributed by atoms with Gasteiger partial charge in [0, 0.05) is 14.0 Å². The molecule has 0 aliphatic heterocycles. The lowest BCUT2D eigenvalue weighted by molar-refractivity contribution is -0.147. The third-order valence-electron chi connectivity index (χ3n) is 3.16. The highest BCUT2D eigenvalue weighted by molar-refractivity contribution is 6.32. The maximum Gasteiger partial charge on any atom is 0.391 e. The normalized spacial score (nSPS) is 14.0. The monoisotopic (exact) mass is 409 g/mol. The van der Waals surface area contributed by atoms with E-state index >= 15 is 0 Å². The Morgan fingerprint density at radius 2 is 1.81 bits per heavy atom. The van der Waals surface area contributed by atoms with E-state index < -0.39 is 23.7 Å². The second kappa shape index (κ2) is 8.77. The van der Waals surface area contributed by atoms with Crippen LogP contribution >= 0.6 is 11.6 Å². The molecule has 6 nitrogen and oxygen atoms in total. The summed E-state index contributed by atoms with van der Waals surface area (Å²) in [6.07, 6.45) is -3.19. The minimum absolute atomic E-state index is 0.0222. The highest BCUT2D eigenvalue weighted by Gasteiger charge is 2.46. The number of nitrogens with one attached hydrogen (secondary N) is 1. The topological polar surface area (TPSA) is 71.5 Å². The predicted molar refractivity (Wildman–Crippen MR) is 95.4 cm³/mol. The number of hydrazine groups is 1. The highest BCUT2D eigenvalue weighted by atomic mass is 35.5. The number of halogens is 4. The maximum atomic E-state index is 11.9. The van der Waals surface area contributed by atoms with Crippen molar-refractivity contribution in [1.29, 1.82) is 0 Å². The van der Waals surface area contributed by atoms with Crippen LogP contribution in [0.3, 0.4) is 0 Å². The molecular formula is C17H23ClF3N3O3. The molecule has 152 valence electrons. The number of esters is 1. The van der Waals surface area contributed by atoms with Crippen molar-refractivity contribution in [3.8, 4) is 0 Å². The Kier molecular flexibility index (Phi) is 7.48. The second-order valence-electron chi connectivity index (χ2n) is 7.05. The molecule has 1 amide bonds. The molecule has 0 radical (unpaired) electrons. The molecule has 1 N–H and O–H groups in total. The van der Waals surface area contributed by atoms with Crippen LogP contribution in [0, 0.1) is 5.92 Å². The van der Waals surface area contributed by atoms with Gasteiger partial charge in [0.05, 0.1) is 11.5 Å². The number of anilines is 1. The fraction of sp³-hybridized carbons (Fsp3) is 0.588. The van der Waals surface area contributed by atoms with Gasteiger partial charge in [-0.05, 0) is 45.7 Å². The lowest BCUT2D eigenvalue weighted by Crippen LogP contribution is -2.38. The molecule has 0 aromatic carbocycles. The molecule has 0 atom stereocenters. The zero-order valence-electron chi connectivity index (χ0n) is 15.8. The largest absolute Gasteiger partial charge is 0.456 e. The minimum atomic E-state index is -3.89. The summed E-state index contributed by atoms with van der Waals surface area (Å²) in [5.74, 6) is -1.31. The summed E-state index contributed by atoms with van der Waals surface area (Å²) < 4.78 is 38.9. The average molecular weight is 410 g/mol. The molecule has 1 aliphatic rings. The lowest BCUT2D eigenvalue weighted by atomic mass is 10.2. The summed E-state index contributed by atoms with van der Waals surface area (Å²) >= 11 is 5.98. The number of carbonyl (C=O) groups excluding carboxylic acids is 2. The third kappa shape index (κ3) is 8.47. The molecule has 1 saturated carbocycles. The van der Waals surface area contributed by atoms with E-state index in [4.69, 9.17) is 16.3 Å². The fourth-order valence-electron chi connectivity index (χ4n) is 1.80. The van der Waals surface area contributed by atoms with Crippen molar-refractivity contribution in [1.82, 2.24) is 10.4 Å². The number of amides is 1. The van der Waals surface area contributed by atoms with Gasteiger partial charge in [0.25, 0.3) is 0 Å². The van der Waals surface area contributed by atoms with Gasteiger partial charge in [-0.15, -0.1) is 0 Å². The van der Waals surface area contributed by atoms with E-state index in [1.54, 1.807) is 33.9 Å². The molecule has 2 rings (SSSR count). The van der Waals surface area contributed by atoms with E-state index in [0.717, 1.165) is 0 Å². The van der Waals surface area contributed by atoms with E-state index in [0.29, 0.717) is 18.7 Å². The van der Waals surface area contributed by atoms with Crippen LogP contribution in [0.1, 0.15) is 50.9 Å². The van der Waals surface area contributed by atoms with Crippen molar-refractivity contribution in [3.05, 3.63) is 22.8 Å². The first-order valence-corrected chi connectivity index (χ1v) is 8.56. The zero-order valence-corrected chi connectivity index (χ0v) is 16.5. The van der Waals surface area contributed by atoms with Gasteiger partial charge in [-0.2, -0.15) is 13.2 Å². The van der Waals surface area contributed by atoms with Gasteiger partial charge in [-0.1, -0.05) is 11.6 Å². The molecule has 10 heteroatoms. The smallest absolute Gasteiger partial charge is 0.391 e. The molecule has 27 heavy (non-hydrogen) atoms.